The number of benzene rings is 1. The fourth-order valence-electron chi connectivity index (χ4n) is 2.30. The van der Waals surface area contributed by atoms with E-state index in [1.807, 2.05) is 13.8 Å². The van der Waals surface area contributed by atoms with Gasteiger partial charge in [-0.15, -0.1) is 0 Å². The maximum absolute atomic E-state index is 13.7. The summed E-state index contributed by atoms with van der Waals surface area (Å²) in [5.74, 6) is -0.288. The van der Waals surface area contributed by atoms with Crippen molar-refractivity contribution >= 4 is 6.03 Å². The van der Waals surface area contributed by atoms with Gasteiger partial charge in [0.25, 0.3) is 0 Å². The van der Waals surface area contributed by atoms with Crippen molar-refractivity contribution < 1.29 is 9.18 Å². The molecule has 2 rings (SSSR count). The first-order chi connectivity index (χ1) is 8.50. The molecule has 0 atom stereocenters. The lowest BCUT2D eigenvalue weighted by Gasteiger charge is -2.30. The van der Waals surface area contributed by atoms with Gasteiger partial charge in [0.15, 0.2) is 0 Å². The van der Waals surface area contributed by atoms with Gasteiger partial charge in [-0.2, -0.15) is 0 Å². The Labute approximate surface area is 107 Å². The number of nitrogens with one attached hydrogen (secondary N) is 1. The van der Waals surface area contributed by atoms with Gasteiger partial charge in [-0.05, 0) is 32.8 Å². The van der Waals surface area contributed by atoms with E-state index in [4.69, 9.17) is 0 Å². The molecule has 1 aromatic carbocycles. The van der Waals surface area contributed by atoms with E-state index in [1.54, 1.807) is 23.1 Å². The van der Waals surface area contributed by atoms with E-state index in [0.29, 0.717) is 5.56 Å². The van der Waals surface area contributed by atoms with E-state index in [-0.39, 0.29) is 11.8 Å². The zero-order valence-electron chi connectivity index (χ0n) is 10.9. The molecule has 1 heterocycles. The van der Waals surface area contributed by atoms with Gasteiger partial charge in [0.05, 0.1) is 5.54 Å². The van der Waals surface area contributed by atoms with Crippen LogP contribution in [0.4, 0.5) is 9.18 Å². The van der Waals surface area contributed by atoms with Crippen LogP contribution in [-0.2, 0) is 5.54 Å². The van der Waals surface area contributed by atoms with Crippen molar-refractivity contribution in [2.45, 2.75) is 32.2 Å². The van der Waals surface area contributed by atoms with Gasteiger partial charge in [0.2, 0.25) is 0 Å². The molecule has 0 spiro atoms. The summed E-state index contributed by atoms with van der Waals surface area (Å²) >= 11 is 0. The Morgan fingerprint density at radius 2 is 1.89 bits per heavy atom. The summed E-state index contributed by atoms with van der Waals surface area (Å²) in [6.07, 6.45) is 2.10. The summed E-state index contributed by atoms with van der Waals surface area (Å²) in [5.41, 5.74) is -0.192. The SMILES string of the molecule is CC(C)(NC(=O)N1CCCC1)c1ccccc1F. The number of amides is 2. The Kier molecular flexibility index (Phi) is 3.55. The molecule has 0 bridgehead atoms. The van der Waals surface area contributed by atoms with Crippen molar-refractivity contribution in [2.75, 3.05) is 13.1 Å². The zero-order valence-corrected chi connectivity index (χ0v) is 10.9. The summed E-state index contributed by atoms with van der Waals surface area (Å²) in [5, 5.41) is 2.90. The molecule has 0 saturated carbocycles. The molecule has 98 valence electrons. The molecule has 1 aliphatic heterocycles. The molecular formula is C14H19FN2O. The van der Waals surface area contributed by atoms with E-state index in [0.717, 1.165) is 25.9 Å². The van der Waals surface area contributed by atoms with Crippen LogP contribution < -0.4 is 5.32 Å². The number of likely N-dealkylation sites (tertiary alicyclic amines) is 1. The minimum absolute atomic E-state index is 0.110. The second kappa shape index (κ2) is 4.96. The van der Waals surface area contributed by atoms with Gasteiger partial charge >= 0.3 is 6.03 Å². The molecule has 1 aromatic rings. The highest BCUT2D eigenvalue weighted by atomic mass is 19.1. The molecule has 0 aliphatic carbocycles. The quantitative estimate of drug-likeness (QED) is 0.860. The summed E-state index contributed by atoms with van der Waals surface area (Å²) < 4.78 is 13.7. The molecule has 1 N–H and O–H groups in total. The van der Waals surface area contributed by atoms with Crippen molar-refractivity contribution in [1.82, 2.24) is 10.2 Å². The van der Waals surface area contributed by atoms with Crippen molar-refractivity contribution in [3.05, 3.63) is 35.6 Å². The van der Waals surface area contributed by atoms with Gasteiger partial charge in [0, 0.05) is 18.7 Å². The Hall–Kier alpha value is -1.58. The number of hydrogen-bond donors (Lipinski definition) is 1. The van der Waals surface area contributed by atoms with E-state index < -0.39 is 5.54 Å². The first-order valence-corrected chi connectivity index (χ1v) is 6.33. The third-order valence-corrected chi connectivity index (χ3v) is 3.36. The lowest BCUT2D eigenvalue weighted by Crippen LogP contribution is -2.47. The van der Waals surface area contributed by atoms with E-state index in [9.17, 15) is 9.18 Å². The van der Waals surface area contributed by atoms with Gasteiger partial charge in [-0.25, -0.2) is 9.18 Å². The van der Waals surface area contributed by atoms with Gasteiger partial charge in [-0.3, -0.25) is 0 Å². The zero-order chi connectivity index (χ0) is 13.2. The topological polar surface area (TPSA) is 32.3 Å². The fraction of sp³-hybridized carbons (Fsp3) is 0.500. The summed E-state index contributed by atoms with van der Waals surface area (Å²) in [4.78, 5) is 13.8. The number of nitrogens with zero attached hydrogens (tertiary/aromatic N) is 1. The molecule has 2 amide bonds. The highest BCUT2D eigenvalue weighted by Gasteiger charge is 2.28. The first-order valence-electron chi connectivity index (χ1n) is 6.33. The fourth-order valence-corrected chi connectivity index (χ4v) is 2.30. The lowest BCUT2D eigenvalue weighted by atomic mass is 9.94. The Morgan fingerprint density at radius 1 is 1.28 bits per heavy atom. The molecule has 1 aliphatic rings. The van der Waals surface area contributed by atoms with Crippen LogP contribution in [0.1, 0.15) is 32.3 Å². The van der Waals surface area contributed by atoms with E-state index >= 15 is 0 Å². The molecule has 4 heteroatoms. The largest absolute Gasteiger partial charge is 0.329 e. The molecule has 1 saturated heterocycles. The third kappa shape index (κ3) is 2.63. The van der Waals surface area contributed by atoms with Gasteiger partial charge in [0.1, 0.15) is 5.82 Å². The van der Waals surface area contributed by atoms with E-state index in [2.05, 4.69) is 5.32 Å². The number of halogens is 1. The predicted molar refractivity (Wildman–Crippen MR) is 68.8 cm³/mol. The molecule has 18 heavy (non-hydrogen) atoms. The average molecular weight is 250 g/mol. The Bertz CT molecular complexity index is 439. The van der Waals surface area contributed by atoms with Gasteiger partial charge in [-0.1, -0.05) is 18.2 Å². The Balaban J connectivity index is 2.11. The van der Waals surface area contributed by atoms with Gasteiger partial charge < -0.3 is 10.2 Å². The molecule has 0 radical (unpaired) electrons. The highest BCUT2D eigenvalue weighted by molar-refractivity contribution is 5.75. The van der Waals surface area contributed by atoms with Crippen LogP contribution in [0.25, 0.3) is 0 Å². The minimum atomic E-state index is -0.703. The van der Waals surface area contributed by atoms with Crippen LogP contribution in [0.3, 0.4) is 0 Å². The summed E-state index contributed by atoms with van der Waals surface area (Å²) in [6, 6.07) is 6.44. The number of hydrogen-bond acceptors (Lipinski definition) is 1. The summed E-state index contributed by atoms with van der Waals surface area (Å²) in [7, 11) is 0. The van der Waals surface area contributed by atoms with Crippen molar-refractivity contribution in [2.24, 2.45) is 0 Å². The van der Waals surface area contributed by atoms with Crippen LogP contribution in [0.2, 0.25) is 0 Å². The van der Waals surface area contributed by atoms with Crippen LogP contribution in [0.5, 0.6) is 0 Å². The maximum Gasteiger partial charge on any atom is 0.318 e. The monoisotopic (exact) mass is 250 g/mol. The second-order valence-electron chi connectivity index (χ2n) is 5.23. The highest BCUT2D eigenvalue weighted by Crippen LogP contribution is 2.23. The number of carbonyl (C=O) groups excluding carboxylic acids is 1. The van der Waals surface area contributed by atoms with E-state index in [1.165, 1.54) is 6.07 Å². The molecule has 0 unspecified atom stereocenters. The standard InChI is InChI=1S/C14H19FN2O/c1-14(2,11-7-3-4-8-12(11)15)16-13(18)17-9-5-6-10-17/h3-4,7-8H,5-6,9-10H2,1-2H3,(H,16,18). The van der Waals surface area contributed by atoms with Crippen LogP contribution >= 0.6 is 0 Å². The van der Waals surface area contributed by atoms with Crippen LogP contribution in [-0.4, -0.2) is 24.0 Å². The molecule has 3 nitrogen and oxygen atoms in total. The van der Waals surface area contributed by atoms with Crippen molar-refractivity contribution in [1.29, 1.82) is 0 Å². The normalized spacial score (nSPS) is 15.8. The predicted octanol–water partition coefficient (Wildman–Crippen LogP) is 2.87. The second-order valence-corrected chi connectivity index (χ2v) is 5.23. The number of rotatable bonds is 2. The molecule has 0 aromatic heterocycles. The third-order valence-electron chi connectivity index (χ3n) is 3.36. The maximum atomic E-state index is 13.7. The first kappa shape index (κ1) is 12.9. The lowest BCUT2D eigenvalue weighted by molar-refractivity contribution is 0.196. The number of urea groups is 1. The van der Waals surface area contributed by atoms with Crippen LogP contribution in [0.15, 0.2) is 24.3 Å². The van der Waals surface area contributed by atoms with Crippen molar-refractivity contribution in [3.8, 4) is 0 Å². The minimum Gasteiger partial charge on any atom is -0.329 e. The van der Waals surface area contributed by atoms with Crippen molar-refractivity contribution in [3.63, 3.8) is 0 Å². The molecule has 1 fully saturated rings. The number of carbonyl (C=O) groups is 1. The Morgan fingerprint density at radius 3 is 2.50 bits per heavy atom. The molecular weight excluding hydrogens is 231 g/mol. The smallest absolute Gasteiger partial charge is 0.318 e. The average Bonchev–Trinajstić information content (AvgIpc) is 2.82. The summed E-state index contributed by atoms with van der Waals surface area (Å²) in [6.45, 7) is 5.22. The van der Waals surface area contributed by atoms with Crippen LogP contribution in [0, 0.1) is 5.82 Å².